The average Bonchev–Trinajstić information content (AvgIpc) is 3.11. The van der Waals surface area contributed by atoms with Crippen LogP contribution in [0.5, 0.6) is 0 Å². The van der Waals surface area contributed by atoms with Crippen LogP contribution < -0.4 is 5.56 Å². The minimum atomic E-state index is 0.0209. The number of fused-ring (bicyclic) bond motifs is 3. The van der Waals surface area contributed by atoms with Gasteiger partial charge in [0.15, 0.2) is 0 Å². The van der Waals surface area contributed by atoms with Gasteiger partial charge in [-0.05, 0) is 36.8 Å². The molecule has 0 aliphatic heterocycles. The van der Waals surface area contributed by atoms with E-state index in [1.165, 1.54) is 16.9 Å². The number of thiophene rings is 1. The molecular weight excluding hydrogens is 296 g/mol. The van der Waals surface area contributed by atoms with Gasteiger partial charge < -0.3 is 4.98 Å². The normalized spacial score (nSPS) is 17.8. The number of nitrogens with one attached hydrogen (secondary N) is 1. The SMILES string of the molecule is C[C@H]1CCc2c(sc3nc(CCn4cccn4)[nH]c(=O)c23)C1. The Hall–Kier alpha value is -1.95. The number of hydrogen-bond acceptors (Lipinski definition) is 4. The van der Waals surface area contributed by atoms with Crippen molar-refractivity contribution in [2.45, 2.75) is 39.2 Å². The Bertz CT molecular complexity index is 862. The number of aromatic nitrogens is 4. The molecule has 0 fully saturated rings. The van der Waals surface area contributed by atoms with Gasteiger partial charge in [-0.15, -0.1) is 11.3 Å². The highest BCUT2D eigenvalue weighted by molar-refractivity contribution is 7.18. The highest BCUT2D eigenvalue weighted by Crippen LogP contribution is 2.35. The number of rotatable bonds is 3. The fraction of sp³-hybridized carbons (Fsp3) is 0.438. The number of hydrogen-bond donors (Lipinski definition) is 1. The first-order valence-corrected chi connectivity index (χ1v) is 8.53. The Kier molecular flexibility index (Phi) is 3.33. The second kappa shape index (κ2) is 5.35. The molecule has 1 atom stereocenters. The van der Waals surface area contributed by atoms with Crippen molar-refractivity contribution in [3.8, 4) is 0 Å². The molecule has 0 aromatic carbocycles. The minimum absolute atomic E-state index is 0.0209. The van der Waals surface area contributed by atoms with E-state index >= 15 is 0 Å². The van der Waals surface area contributed by atoms with Gasteiger partial charge in [0, 0.05) is 30.2 Å². The summed E-state index contributed by atoms with van der Waals surface area (Å²) in [5.41, 5.74) is 1.26. The molecule has 22 heavy (non-hydrogen) atoms. The standard InChI is InChI=1S/C16H18N4OS/c1-10-3-4-11-12(9-10)22-16-14(11)15(21)18-13(19-16)5-8-20-7-2-6-17-20/h2,6-7,10H,3-5,8-9H2,1H3,(H,18,19,21)/t10-/m0/s1. The number of H-pyrrole nitrogens is 1. The smallest absolute Gasteiger partial charge is 0.259 e. The van der Waals surface area contributed by atoms with Gasteiger partial charge in [-0.2, -0.15) is 5.10 Å². The summed E-state index contributed by atoms with van der Waals surface area (Å²) in [4.78, 5) is 22.4. The van der Waals surface area contributed by atoms with Gasteiger partial charge in [0.1, 0.15) is 10.7 Å². The minimum Gasteiger partial charge on any atom is -0.310 e. The predicted molar refractivity (Wildman–Crippen MR) is 87.4 cm³/mol. The summed E-state index contributed by atoms with van der Waals surface area (Å²) in [6, 6.07) is 1.90. The lowest BCUT2D eigenvalue weighted by Gasteiger charge is -2.17. The summed E-state index contributed by atoms with van der Waals surface area (Å²) in [5, 5.41) is 5.01. The van der Waals surface area contributed by atoms with E-state index in [-0.39, 0.29) is 5.56 Å². The molecule has 0 saturated heterocycles. The summed E-state index contributed by atoms with van der Waals surface area (Å²) >= 11 is 1.70. The molecule has 0 saturated carbocycles. The zero-order chi connectivity index (χ0) is 15.1. The van der Waals surface area contributed by atoms with E-state index in [0.29, 0.717) is 12.3 Å². The Morgan fingerprint density at radius 1 is 1.50 bits per heavy atom. The lowest BCUT2D eigenvalue weighted by molar-refractivity contribution is 0.509. The van der Waals surface area contributed by atoms with Crippen molar-refractivity contribution in [3.63, 3.8) is 0 Å². The summed E-state index contributed by atoms with van der Waals surface area (Å²) in [7, 11) is 0. The fourth-order valence-electron chi connectivity index (χ4n) is 3.16. The second-order valence-electron chi connectivity index (χ2n) is 6.06. The van der Waals surface area contributed by atoms with E-state index in [0.717, 1.165) is 35.4 Å². The molecule has 1 N–H and O–H groups in total. The first-order chi connectivity index (χ1) is 10.7. The number of aromatic amines is 1. The highest BCUT2D eigenvalue weighted by Gasteiger charge is 2.22. The van der Waals surface area contributed by atoms with Crippen LogP contribution in [-0.4, -0.2) is 19.7 Å². The van der Waals surface area contributed by atoms with Gasteiger partial charge in [0.25, 0.3) is 5.56 Å². The van der Waals surface area contributed by atoms with E-state index in [4.69, 9.17) is 0 Å². The van der Waals surface area contributed by atoms with Gasteiger partial charge in [-0.3, -0.25) is 9.48 Å². The van der Waals surface area contributed by atoms with Crippen molar-refractivity contribution in [1.82, 2.24) is 19.7 Å². The maximum absolute atomic E-state index is 12.5. The quantitative estimate of drug-likeness (QED) is 0.808. The zero-order valence-corrected chi connectivity index (χ0v) is 13.3. The van der Waals surface area contributed by atoms with E-state index in [1.807, 2.05) is 16.9 Å². The topological polar surface area (TPSA) is 63.6 Å². The summed E-state index contributed by atoms with van der Waals surface area (Å²) in [6.07, 6.45) is 7.62. The summed E-state index contributed by atoms with van der Waals surface area (Å²) < 4.78 is 1.85. The van der Waals surface area contributed by atoms with Crippen molar-refractivity contribution < 1.29 is 0 Å². The Morgan fingerprint density at radius 3 is 3.23 bits per heavy atom. The van der Waals surface area contributed by atoms with Crippen LogP contribution in [0.25, 0.3) is 10.2 Å². The van der Waals surface area contributed by atoms with Gasteiger partial charge in [-0.1, -0.05) is 6.92 Å². The van der Waals surface area contributed by atoms with Gasteiger partial charge >= 0.3 is 0 Å². The fourth-order valence-corrected chi connectivity index (χ4v) is 4.57. The van der Waals surface area contributed by atoms with Crippen molar-refractivity contribution >= 4 is 21.6 Å². The summed E-state index contributed by atoms with van der Waals surface area (Å²) in [5.74, 6) is 1.46. The van der Waals surface area contributed by atoms with Crippen LogP contribution in [0.15, 0.2) is 23.3 Å². The van der Waals surface area contributed by atoms with Gasteiger partial charge in [0.2, 0.25) is 0 Å². The Morgan fingerprint density at radius 2 is 2.41 bits per heavy atom. The van der Waals surface area contributed by atoms with Crippen molar-refractivity contribution in [2.75, 3.05) is 0 Å². The molecule has 0 bridgehead atoms. The van der Waals surface area contributed by atoms with Crippen LogP contribution in [0, 0.1) is 5.92 Å². The molecule has 3 aromatic heterocycles. The van der Waals surface area contributed by atoms with Crippen LogP contribution >= 0.6 is 11.3 Å². The third-order valence-corrected chi connectivity index (χ3v) is 5.50. The largest absolute Gasteiger partial charge is 0.310 e. The maximum Gasteiger partial charge on any atom is 0.259 e. The zero-order valence-electron chi connectivity index (χ0n) is 12.5. The lowest BCUT2D eigenvalue weighted by Crippen LogP contribution is -2.15. The van der Waals surface area contributed by atoms with Crippen molar-refractivity contribution in [3.05, 3.63) is 45.1 Å². The first-order valence-electron chi connectivity index (χ1n) is 7.71. The second-order valence-corrected chi connectivity index (χ2v) is 7.15. The Balaban J connectivity index is 1.69. The van der Waals surface area contributed by atoms with Gasteiger partial charge in [-0.25, -0.2) is 4.98 Å². The van der Waals surface area contributed by atoms with Crippen LogP contribution in [0.3, 0.4) is 0 Å². The molecule has 3 aromatic rings. The molecule has 0 spiro atoms. The maximum atomic E-state index is 12.5. The molecule has 0 amide bonds. The summed E-state index contributed by atoms with van der Waals surface area (Å²) in [6.45, 7) is 3.00. The van der Waals surface area contributed by atoms with E-state index in [1.54, 1.807) is 17.5 Å². The van der Waals surface area contributed by atoms with Crippen LogP contribution in [0.1, 0.15) is 29.6 Å². The average molecular weight is 314 g/mol. The molecule has 5 nitrogen and oxygen atoms in total. The van der Waals surface area contributed by atoms with Crippen molar-refractivity contribution in [1.29, 1.82) is 0 Å². The molecule has 4 rings (SSSR count). The highest BCUT2D eigenvalue weighted by atomic mass is 32.1. The van der Waals surface area contributed by atoms with Crippen LogP contribution in [0.2, 0.25) is 0 Å². The predicted octanol–water partition coefficient (Wildman–Crippen LogP) is 2.55. The third kappa shape index (κ3) is 2.37. The third-order valence-electron chi connectivity index (χ3n) is 4.35. The van der Waals surface area contributed by atoms with E-state index in [2.05, 4.69) is 22.0 Å². The lowest BCUT2D eigenvalue weighted by atomic mass is 9.89. The van der Waals surface area contributed by atoms with Crippen LogP contribution in [0.4, 0.5) is 0 Å². The van der Waals surface area contributed by atoms with E-state index < -0.39 is 0 Å². The van der Waals surface area contributed by atoms with E-state index in [9.17, 15) is 4.79 Å². The Labute approximate surface area is 132 Å². The molecule has 6 heteroatoms. The molecule has 1 aliphatic carbocycles. The molecule has 3 heterocycles. The first kappa shape index (κ1) is 13.7. The molecule has 0 unspecified atom stereocenters. The molecule has 0 radical (unpaired) electrons. The van der Waals surface area contributed by atoms with Crippen LogP contribution in [-0.2, 0) is 25.8 Å². The monoisotopic (exact) mass is 314 g/mol. The number of nitrogens with zero attached hydrogens (tertiary/aromatic N) is 3. The van der Waals surface area contributed by atoms with Crippen molar-refractivity contribution in [2.24, 2.45) is 5.92 Å². The number of aryl methyl sites for hydroxylation is 3. The molecular formula is C16H18N4OS. The van der Waals surface area contributed by atoms with Gasteiger partial charge in [0.05, 0.1) is 5.39 Å². The molecule has 114 valence electrons. The molecule has 1 aliphatic rings.